The Morgan fingerprint density at radius 3 is 2.89 bits per heavy atom. The molecule has 0 aliphatic heterocycles. The lowest BCUT2D eigenvalue weighted by Crippen LogP contribution is -2.21. The van der Waals surface area contributed by atoms with E-state index >= 15 is 0 Å². The Labute approximate surface area is 118 Å². The predicted molar refractivity (Wildman–Crippen MR) is 80.0 cm³/mol. The summed E-state index contributed by atoms with van der Waals surface area (Å²) in [4.78, 5) is 8.00. The molecule has 0 saturated heterocycles. The Morgan fingerprint density at radius 2 is 2.16 bits per heavy atom. The molecule has 1 heterocycles. The summed E-state index contributed by atoms with van der Waals surface area (Å²) in [5, 5.41) is 0. The maximum atomic E-state index is 5.30. The fourth-order valence-corrected chi connectivity index (χ4v) is 2.99. The Hall–Kier alpha value is -1.48. The van der Waals surface area contributed by atoms with Gasteiger partial charge < -0.3 is 4.98 Å². The molecule has 0 saturated carbocycles. The molecule has 1 aromatic carbocycles. The molecule has 3 rings (SSSR count). The maximum absolute atomic E-state index is 5.30. The van der Waals surface area contributed by atoms with E-state index in [1.54, 1.807) is 0 Å². The van der Waals surface area contributed by atoms with Gasteiger partial charge in [-0.1, -0.05) is 50.3 Å². The third-order valence-corrected chi connectivity index (χ3v) is 3.84. The van der Waals surface area contributed by atoms with Crippen molar-refractivity contribution in [3.63, 3.8) is 0 Å². The zero-order valence-corrected chi connectivity index (χ0v) is 12.1. The van der Waals surface area contributed by atoms with Gasteiger partial charge in [0.2, 0.25) is 0 Å². The molecule has 1 aliphatic carbocycles. The number of nitrogens with one attached hydrogen (secondary N) is 1. The van der Waals surface area contributed by atoms with Crippen molar-refractivity contribution in [3.05, 3.63) is 57.6 Å². The lowest BCUT2D eigenvalue weighted by Gasteiger charge is -2.29. The number of nitrogens with zero attached hydrogens (tertiary/aromatic N) is 1. The minimum atomic E-state index is 0.394. The highest BCUT2D eigenvalue weighted by molar-refractivity contribution is 7.71. The Morgan fingerprint density at radius 1 is 1.37 bits per heavy atom. The third kappa shape index (κ3) is 2.47. The van der Waals surface area contributed by atoms with E-state index in [9.17, 15) is 0 Å². The second-order valence-electron chi connectivity index (χ2n) is 5.68. The van der Waals surface area contributed by atoms with Gasteiger partial charge in [-0.15, -0.1) is 0 Å². The fraction of sp³-hybridized carbons (Fsp3) is 0.375. The predicted octanol–water partition coefficient (Wildman–Crippen LogP) is 4.03. The van der Waals surface area contributed by atoms with E-state index in [-0.39, 0.29) is 0 Å². The number of H-pyrrole nitrogens is 1. The van der Waals surface area contributed by atoms with Gasteiger partial charge in [0.15, 0.2) is 0 Å². The van der Waals surface area contributed by atoms with E-state index in [4.69, 9.17) is 12.2 Å². The molecule has 2 aromatic rings. The minimum Gasteiger partial charge on any atom is -0.347 e. The second kappa shape index (κ2) is 4.89. The van der Waals surface area contributed by atoms with Crippen LogP contribution >= 0.6 is 12.2 Å². The van der Waals surface area contributed by atoms with E-state index < -0.39 is 0 Å². The van der Waals surface area contributed by atoms with Gasteiger partial charge in [0.1, 0.15) is 10.5 Å². The number of fused-ring (bicyclic) bond motifs is 1. The third-order valence-electron chi connectivity index (χ3n) is 3.63. The number of rotatable bonds is 3. The summed E-state index contributed by atoms with van der Waals surface area (Å²) >= 11 is 5.30. The first-order valence-electron chi connectivity index (χ1n) is 6.81. The van der Waals surface area contributed by atoms with Gasteiger partial charge in [0, 0.05) is 11.6 Å². The molecular weight excluding hydrogens is 252 g/mol. The van der Waals surface area contributed by atoms with Crippen LogP contribution in [0.25, 0.3) is 0 Å². The number of hydrogen-bond acceptors (Lipinski definition) is 2. The highest BCUT2D eigenvalue weighted by Gasteiger charge is 2.28. The van der Waals surface area contributed by atoms with E-state index in [1.807, 2.05) is 6.07 Å². The first kappa shape index (κ1) is 12.5. The first-order chi connectivity index (χ1) is 9.13. The fourth-order valence-electron chi connectivity index (χ4n) is 2.75. The van der Waals surface area contributed by atoms with Crippen molar-refractivity contribution in [3.8, 4) is 0 Å². The zero-order chi connectivity index (χ0) is 13.4. The van der Waals surface area contributed by atoms with Gasteiger partial charge in [-0.25, -0.2) is 4.98 Å². The van der Waals surface area contributed by atoms with Crippen molar-refractivity contribution in [2.45, 2.75) is 32.6 Å². The van der Waals surface area contributed by atoms with Crippen LogP contribution in [0.3, 0.4) is 0 Å². The van der Waals surface area contributed by atoms with Crippen molar-refractivity contribution < 1.29 is 0 Å². The van der Waals surface area contributed by atoms with Gasteiger partial charge in [0.05, 0.1) is 0 Å². The van der Waals surface area contributed by atoms with Crippen LogP contribution in [-0.4, -0.2) is 9.97 Å². The normalized spacial score (nSPS) is 17.1. The summed E-state index contributed by atoms with van der Waals surface area (Å²) in [6, 6.07) is 10.6. The Kier molecular flexibility index (Phi) is 3.23. The zero-order valence-electron chi connectivity index (χ0n) is 11.3. The minimum absolute atomic E-state index is 0.394. The molecule has 0 radical (unpaired) electrons. The molecule has 0 bridgehead atoms. The summed E-state index contributed by atoms with van der Waals surface area (Å²) in [6.07, 6.45) is 2.09. The number of aromatic amines is 1. The monoisotopic (exact) mass is 270 g/mol. The maximum Gasteiger partial charge on any atom is 0.130 e. The van der Waals surface area contributed by atoms with Crippen molar-refractivity contribution in [2.24, 2.45) is 5.92 Å². The molecule has 98 valence electrons. The molecule has 0 amide bonds. The van der Waals surface area contributed by atoms with Gasteiger partial charge in [0.25, 0.3) is 0 Å². The molecule has 1 aromatic heterocycles. The molecule has 2 nitrogen and oxygen atoms in total. The average molecular weight is 270 g/mol. The lowest BCUT2D eigenvalue weighted by molar-refractivity contribution is 0.611. The Balaban J connectivity index is 1.95. The number of hydrogen-bond donors (Lipinski definition) is 1. The average Bonchev–Trinajstić information content (AvgIpc) is 2.29. The topological polar surface area (TPSA) is 28.7 Å². The lowest BCUT2D eigenvalue weighted by atomic mass is 9.77. The van der Waals surface area contributed by atoms with Crippen LogP contribution in [-0.2, 0) is 12.8 Å². The van der Waals surface area contributed by atoms with E-state index in [0.29, 0.717) is 16.5 Å². The smallest absolute Gasteiger partial charge is 0.130 e. The van der Waals surface area contributed by atoms with Gasteiger partial charge in [-0.2, -0.15) is 0 Å². The second-order valence-corrected chi connectivity index (χ2v) is 6.10. The van der Waals surface area contributed by atoms with Crippen LogP contribution < -0.4 is 0 Å². The van der Waals surface area contributed by atoms with Gasteiger partial charge >= 0.3 is 0 Å². The van der Waals surface area contributed by atoms with E-state index in [2.05, 4.69) is 48.1 Å². The van der Waals surface area contributed by atoms with Crippen LogP contribution in [0.1, 0.15) is 42.4 Å². The molecule has 1 aliphatic rings. The number of benzene rings is 1. The molecule has 19 heavy (non-hydrogen) atoms. The van der Waals surface area contributed by atoms with Crippen molar-refractivity contribution in [1.29, 1.82) is 0 Å². The van der Waals surface area contributed by atoms with Crippen molar-refractivity contribution >= 4 is 12.2 Å². The summed E-state index contributed by atoms with van der Waals surface area (Å²) in [5.41, 5.74) is 4.03. The number of aromatic nitrogens is 2. The van der Waals surface area contributed by atoms with Crippen LogP contribution in [0.5, 0.6) is 0 Å². The van der Waals surface area contributed by atoms with Gasteiger partial charge in [-0.05, 0) is 36.0 Å². The summed E-state index contributed by atoms with van der Waals surface area (Å²) < 4.78 is 0.703. The van der Waals surface area contributed by atoms with Crippen molar-refractivity contribution in [2.75, 3.05) is 0 Å². The van der Waals surface area contributed by atoms with Crippen LogP contribution in [0.4, 0.5) is 0 Å². The van der Waals surface area contributed by atoms with E-state index in [1.165, 1.54) is 16.8 Å². The molecule has 0 fully saturated rings. The highest BCUT2D eigenvalue weighted by atomic mass is 32.1. The molecule has 1 N–H and O–H groups in total. The van der Waals surface area contributed by atoms with Crippen LogP contribution in [0, 0.1) is 10.6 Å². The quantitative estimate of drug-likeness (QED) is 0.853. The molecule has 1 atom stereocenters. The first-order valence-corrected chi connectivity index (χ1v) is 7.22. The summed E-state index contributed by atoms with van der Waals surface area (Å²) in [7, 11) is 0. The highest BCUT2D eigenvalue weighted by Crippen LogP contribution is 2.38. The van der Waals surface area contributed by atoms with Crippen LogP contribution in [0.15, 0.2) is 30.3 Å². The molecular formula is C16H18N2S. The molecule has 0 spiro atoms. The van der Waals surface area contributed by atoms with Crippen molar-refractivity contribution in [1.82, 2.24) is 9.97 Å². The SMILES string of the molecule is CC(C)Cc1cc(=S)nc(C2Cc3ccccc32)[nH]1. The molecule has 1 unspecified atom stereocenters. The standard InChI is InChI=1S/C16H18N2S/c1-10(2)7-12-9-15(19)18-16(17-12)14-8-11-5-3-4-6-13(11)14/h3-6,9-10,14H,7-8H2,1-2H3,(H,17,18,19). The molecule has 3 heteroatoms. The van der Waals surface area contributed by atoms with E-state index in [0.717, 1.165) is 18.7 Å². The summed E-state index contributed by atoms with van der Waals surface area (Å²) in [5.74, 6) is 2.04. The Bertz CT molecular complexity index is 658. The van der Waals surface area contributed by atoms with Crippen LogP contribution in [0.2, 0.25) is 0 Å². The largest absolute Gasteiger partial charge is 0.347 e. The summed E-state index contributed by atoms with van der Waals surface area (Å²) in [6.45, 7) is 4.44. The van der Waals surface area contributed by atoms with Gasteiger partial charge in [-0.3, -0.25) is 0 Å².